The van der Waals surface area contributed by atoms with Crippen molar-refractivity contribution in [2.24, 2.45) is 0 Å². The Morgan fingerprint density at radius 2 is 1.83 bits per heavy atom. The minimum Gasteiger partial charge on any atom is -0.388 e. The zero-order chi connectivity index (χ0) is 8.81. The van der Waals surface area contributed by atoms with Crippen LogP contribution in [0.2, 0.25) is 0 Å². The molecule has 1 aliphatic carbocycles. The third kappa shape index (κ3) is 3.18. The first-order chi connectivity index (χ1) is 5.83. The van der Waals surface area contributed by atoms with Crippen molar-refractivity contribution in [1.29, 1.82) is 0 Å². The summed E-state index contributed by atoms with van der Waals surface area (Å²) in [5, 5.41) is 8.54. The lowest BCUT2D eigenvalue weighted by atomic mass is 10.1. The first kappa shape index (κ1) is 9.46. The number of aliphatic hydroxyl groups excluding tert-OH is 1. The highest BCUT2D eigenvalue weighted by Gasteiger charge is 2.05. The van der Waals surface area contributed by atoms with Gasteiger partial charge in [0.05, 0.1) is 0 Å². The molecule has 68 valence electrons. The summed E-state index contributed by atoms with van der Waals surface area (Å²) in [6.07, 6.45) is 8.69. The van der Waals surface area contributed by atoms with Crippen molar-refractivity contribution >= 4 is 5.78 Å². The van der Waals surface area contributed by atoms with Crippen LogP contribution in [0.4, 0.5) is 0 Å². The van der Waals surface area contributed by atoms with Crippen LogP contribution in [-0.4, -0.2) is 17.5 Å². The lowest BCUT2D eigenvalue weighted by molar-refractivity contribution is -0.117. The highest BCUT2D eigenvalue weighted by molar-refractivity contribution is 5.91. The van der Waals surface area contributed by atoms with Crippen LogP contribution in [0.25, 0.3) is 0 Å². The van der Waals surface area contributed by atoms with Crippen LogP contribution in [0.5, 0.6) is 0 Å². The second-order valence-corrected chi connectivity index (χ2v) is 3.34. The summed E-state index contributed by atoms with van der Waals surface area (Å²) in [7, 11) is 0. The third-order valence-corrected chi connectivity index (χ3v) is 2.27. The fourth-order valence-electron chi connectivity index (χ4n) is 1.60. The van der Waals surface area contributed by atoms with E-state index < -0.39 is 0 Å². The molecule has 1 fully saturated rings. The van der Waals surface area contributed by atoms with Crippen LogP contribution in [0.15, 0.2) is 11.6 Å². The van der Waals surface area contributed by atoms with Gasteiger partial charge < -0.3 is 5.11 Å². The van der Waals surface area contributed by atoms with Gasteiger partial charge in [-0.3, -0.25) is 4.79 Å². The van der Waals surface area contributed by atoms with Gasteiger partial charge in [-0.05, 0) is 31.8 Å². The SMILES string of the molecule is O=C(C=C1CCCCCC1)CO. The first-order valence-electron chi connectivity index (χ1n) is 4.66. The molecule has 1 N–H and O–H groups in total. The molecule has 0 unspecified atom stereocenters. The number of rotatable bonds is 2. The van der Waals surface area contributed by atoms with Gasteiger partial charge in [-0.1, -0.05) is 18.4 Å². The zero-order valence-electron chi connectivity index (χ0n) is 7.38. The Morgan fingerprint density at radius 3 is 2.33 bits per heavy atom. The van der Waals surface area contributed by atoms with Gasteiger partial charge in [-0.25, -0.2) is 0 Å². The van der Waals surface area contributed by atoms with Gasteiger partial charge in [0.15, 0.2) is 5.78 Å². The summed E-state index contributed by atoms with van der Waals surface area (Å²) in [5.74, 6) is -0.146. The number of carbonyl (C=O) groups excluding carboxylic acids is 1. The van der Waals surface area contributed by atoms with E-state index in [2.05, 4.69) is 0 Å². The van der Waals surface area contributed by atoms with Gasteiger partial charge in [-0.2, -0.15) is 0 Å². The summed E-state index contributed by atoms with van der Waals surface area (Å²) >= 11 is 0. The normalized spacial score (nSPS) is 18.6. The van der Waals surface area contributed by atoms with Crippen molar-refractivity contribution in [2.75, 3.05) is 6.61 Å². The summed E-state index contributed by atoms with van der Waals surface area (Å²) in [6, 6.07) is 0. The average molecular weight is 168 g/mol. The Kier molecular flexibility index (Phi) is 4.01. The molecule has 0 aromatic carbocycles. The molecule has 0 saturated heterocycles. The second-order valence-electron chi connectivity index (χ2n) is 3.34. The standard InChI is InChI=1S/C10H16O2/c11-8-10(12)7-9-5-3-1-2-4-6-9/h7,11H,1-6,8H2. The van der Waals surface area contributed by atoms with E-state index in [0.29, 0.717) is 0 Å². The predicted molar refractivity (Wildman–Crippen MR) is 47.9 cm³/mol. The van der Waals surface area contributed by atoms with E-state index in [1.54, 1.807) is 6.08 Å². The minimum atomic E-state index is -0.344. The Bertz CT molecular complexity index is 172. The number of hydrogen-bond acceptors (Lipinski definition) is 2. The maximum atomic E-state index is 10.9. The number of allylic oxidation sites excluding steroid dienone is 1. The summed E-state index contributed by atoms with van der Waals surface area (Å²) in [4.78, 5) is 10.9. The number of ketones is 1. The fourth-order valence-corrected chi connectivity index (χ4v) is 1.60. The largest absolute Gasteiger partial charge is 0.388 e. The number of carbonyl (C=O) groups is 1. The lowest BCUT2D eigenvalue weighted by Crippen LogP contribution is -2.00. The minimum absolute atomic E-state index is 0.146. The van der Waals surface area contributed by atoms with Crippen molar-refractivity contribution in [3.63, 3.8) is 0 Å². The van der Waals surface area contributed by atoms with Crippen molar-refractivity contribution in [1.82, 2.24) is 0 Å². The van der Waals surface area contributed by atoms with Crippen LogP contribution < -0.4 is 0 Å². The molecule has 1 rings (SSSR count). The van der Waals surface area contributed by atoms with E-state index >= 15 is 0 Å². The molecular weight excluding hydrogens is 152 g/mol. The topological polar surface area (TPSA) is 37.3 Å². The summed E-state index contributed by atoms with van der Waals surface area (Å²) < 4.78 is 0. The molecule has 2 nitrogen and oxygen atoms in total. The van der Waals surface area contributed by atoms with Gasteiger partial charge >= 0.3 is 0 Å². The van der Waals surface area contributed by atoms with Crippen molar-refractivity contribution in [3.8, 4) is 0 Å². The maximum Gasteiger partial charge on any atom is 0.180 e. The van der Waals surface area contributed by atoms with Crippen LogP contribution in [-0.2, 0) is 4.79 Å². The van der Waals surface area contributed by atoms with Crippen molar-refractivity contribution in [2.45, 2.75) is 38.5 Å². The molecule has 2 heteroatoms. The van der Waals surface area contributed by atoms with Crippen LogP contribution in [0.3, 0.4) is 0 Å². The van der Waals surface area contributed by atoms with E-state index in [-0.39, 0.29) is 12.4 Å². The second kappa shape index (κ2) is 5.09. The van der Waals surface area contributed by atoms with Gasteiger partial charge in [0.2, 0.25) is 0 Å². The molecular formula is C10H16O2. The molecule has 0 heterocycles. The molecule has 1 aliphatic rings. The van der Waals surface area contributed by atoms with E-state index in [0.717, 1.165) is 12.8 Å². The van der Waals surface area contributed by atoms with Gasteiger partial charge in [0.1, 0.15) is 6.61 Å². The molecule has 0 bridgehead atoms. The predicted octanol–water partition coefficient (Wildman–Crippen LogP) is 1.83. The maximum absolute atomic E-state index is 10.9. The summed E-state index contributed by atoms with van der Waals surface area (Å²) in [5.41, 5.74) is 1.23. The van der Waals surface area contributed by atoms with E-state index in [1.807, 2.05) is 0 Å². The third-order valence-electron chi connectivity index (χ3n) is 2.27. The Labute approximate surface area is 73.3 Å². The van der Waals surface area contributed by atoms with Gasteiger partial charge in [-0.15, -0.1) is 0 Å². The Balaban J connectivity index is 2.47. The molecule has 0 aromatic heterocycles. The summed E-state index contributed by atoms with van der Waals surface area (Å²) in [6.45, 7) is -0.344. The highest BCUT2D eigenvalue weighted by Crippen LogP contribution is 2.21. The number of aliphatic hydroxyl groups is 1. The molecule has 0 atom stereocenters. The molecule has 12 heavy (non-hydrogen) atoms. The average Bonchev–Trinajstić information content (AvgIpc) is 2.33. The molecule has 0 radical (unpaired) electrons. The molecule has 0 amide bonds. The first-order valence-corrected chi connectivity index (χ1v) is 4.66. The molecule has 0 aliphatic heterocycles. The van der Waals surface area contributed by atoms with E-state index in [9.17, 15) is 4.79 Å². The molecule has 1 saturated carbocycles. The highest BCUT2D eigenvalue weighted by atomic mass is 16.3. The van der Waals surface area contributed by atoms with Crippen molar-refractivity contribution < 1.29 is 9.90 Å². The van der Waals surface area contributed by atoms with Crippen LogP contribution in [0.1, 0.15) is 38.5 Å². The lowest BCUT2D eigenvalue weighted by Gasteiger charge is -1.99. The van der Waals surface area contributed by atoms with Gasteiger partial charge in [0.25, 0.3) is 0 Å². The van der Waals surface area contributed by atoms with Gasteiger partial charge in [0, 0.05) is 0 Å². The quantitative estimate of drug-likeness (QED) is 0.504. The fraction of sp³-hybridized carbons (Fsp3) is 0.700. The number of hydrogen-bond donors (Lipinski definition) is 1. The monoisotopic (exact) mass is 168 g/mol. The molecule has 0 aromatic rings. The Hall–Kier alpha value is -0.630. The van der Waals surface area contributed by atoms with E-state index in [4.69, 9.17) is 5.11 Å². The van der Waals surface area contributed by atoms with Crippen LogP contribution in [0, 0.1) is 0 Å². The smallest absolute Gasteiger partial charge is 0.180 e. The zero-order valence-corrected chi connectivity index (χ0v) is 7.38. The van der Waals surface area contributed by atoms with Crippen molar-refractivity contribution in [3.05, 3.63) is 11.6 Å². The van der Waals surface area contributed by atoms with Crippen LogP contribution >= 0.6 is 0 Å². The molecule has 0 spiro atoms. The Morgan fingerprint density at radius 1 is 1.25 bits per heavy atom. The van der Waals surface area contributed by atoms with E-state index in [1.165, 1.54) is 31.3 Å².